The van der Waals surface area contributed by atoms with Crippen molar-refractivity contribution >= 4 is 5.91 Å². The zero-order valence-corrected chi connectivity index (χ0v) is 15.1. The number of likely N-dealkylation sites (tertiary alicyclic amines) is 1. The zero-order chi connectivity index (χ0) is 18.4. The van der Waals surface area contributed by atoms with Crippen LogP contribution in [0.15, 0.2) is 48.5 Å². The minimum absolute atomic E-state index is 0.0474. The van der Waals surface area contributed by atoms with Crippen LogP contribution in [-0.4, -0.2) is 31.0 Å². The Labute approximate surface area is 154 Å². The number of rotatable bonds is 6. The van der Waals surface area contributed by atoms with E-state index in [1.54, 1.807) is 13.2 Å². The summed E-state index contributed by atoms with van der Waals surface area (Å²) in [5.41, 5.74) is 1.73. The summed E-state index contributed by atoms with van der Waals surface area (Å²) in [5, 5.41) is 3.02. The molecule has 0 bridgehead atoms. The Kier molecular flexibility index (Phi) is 6.23. The van der Waals surface area contributed by atoms with Gasteiger partial charge in [-0.15, -0.1) is 0 Å². The molecule has 1 fully saturated rings. The summed E-state index contributed by atoms with van der Waals surface area (Å²) in [5.74, 6) is 0.641. The van der Waals surface area contributed by atoms with Crippen molar-refractivity contribution in [3.8, 4) is 5.75 Å². The van der Waals surface area contributed by atoms with Gasteiger partial charge in [-0.05, 0) is 43.1 Å². The van der Waals surface area contributed by atoms with E-state index in [9.17, 15) is 9.18 Å². The highest BCUT2D eigenvalue weighted by atomic mass is 19.1. The number of nitrogens with zero attached hydrogens (tertiary/aromatic N) is 1. The van der Waals surface area contributed by atoms with E-state index < -0.39 is 0 Å². The van der Waals surface area contributed by atoms with Crippen molar-refractivity contribution in [3.05, 3.63) is 65.5 Å². The summed E-state index contributed by atoms with van der Waals surface area (Å²) in [4.78, 5) is 14.7. The molecule has 0 spiro atoms. The lowest BCUT2D eigenvalue weighted by molar-refractivity contribution is -0.126. The van der Waals surface area contributed by atoms with E-state index in [1.165, 1.54) is 6.07 Å². The first kappa shape index (κ1) is 18.4. The number of nitrogens with one attached hydrogen (secondary N) is 1. The van der Waals surface area contributed by atoms with Crippen molar-refractivity contribution in [1.82, 2.24) is 10.2 Å². The molecule has 1 N–H and O–H groups in total. The molecule has 1 saturated heterocycles. The van der Waals surface area contributed by atoms with Gasteiger partial charge in [0.25, 0.3) is 0 Å². The molecule has 1 aliphatic rings. The molecule has 1 heterocycles. The smallest absolute Gasteiger partial charge is 0.224 e. The van der Waals surface area contributed by atoms with Crippen molar-refractivity contribution in [2.24, 2.45) is 5.92 Å². The average Bonchev–Trinajstić information content (AvgIpc) is 2.68. The van der Waals surface area contributed by atoms with Crippen molar-refractivity contribution in [2.75, 3.05) is 20.2 Å². The molecule has 2 aromatic carbocycles. The third-order valence-electron chi connectivity index (χ3n) is 4.85. The highest BCUT2D eigenvalue weighted by molar-refractivity contribution is 5.79. The van der Waals surface area contributed by atoms with E-state index in [4.69, 9.17) is 4.74 Å². The molecule has 5 heteroatoms. The highest BCUT2D eigenvalue weighted by Gasteiger charge is 2.26. The van der Waals surface area contributed by atoms with Crippen LogP contribution in [0.25, 0.3) is 0 Å². The topological polar surface area (TPSA) is 41.6 Å². The lowest BCUT2D eigenvalue weighted by Gasteiger charge is -2.32. The standard InChI is InChI=1S/C21H25FN2O2/c1-26-19-10-8-16(9-11-19)13-23-21(25)18-6-4-12-24(15-18)14-17-5-2-3-7-20(17)22/h2-3,5,7-11,18H,4,6,12-15H2,1H3,(H,23,25). The van der Waals surface area contributed by atoms with E-state index in [1.807, 2.05) is 36.4 Å². The fraction of sp³-hybridized carbons (Fsp3) is 0.381. The van der Waals surface area contributed by atoms with Gasteiger partial charge >= 0.3 is 0 Å². The monoisotopic (exact) mass is 356 g/mol. The van der Waals surface area contributed by atoms with Crippen LogP contribution in [0.5, 0.6) is 5.75 Å². The Balaban J connectivity index is 1.51. The summed E-state index contributed by atoms with van der Waals surface area (Å²) in [7, 11) is 1.63. The first-order chi connectivity index (χ1) is 12.7. The quantitative estimate of drug-likeness (QED) is 0.863. The largest absolute Gasteiger partial charge is 0.497 e. The molecule has 2 aromatic rings. The fourth-order valence-electron chi connectivity index (χ4n) is 3.36. The van der Waals surface area contributed by atoms with Crippen LogP contribution in [0.1, 0.15) is 24.0 Å². The van der Waals surface area contributed by atoms with E-state index in [0.29, 0.717) is 25.2 Å². The molecular weight excluding hydrogens is 331 g/mol. The Morgan fingerprint density at radius 3 is 2.73 bits per heavy atom. The predicted molar refractivity (Wildman–Crippen MR) is 99.2 cm³/mol. The summed E-state index contributed by atoms with van der Waals surface area (Å²) in [6.45, 7) is 2.63. The lowest BCUT2D eigenvalue weighted by Crippen LogP contribution is -2.42. The maximum Gasteiger partial charge on any atom is 0.224 e. The van der Waals surface area contributed by atoms with Crippen LogP contribution >= 0.6 is 0 Å². The van der Waals surface area contributed by atoms with Crippen molar-refractivity contribution < 1.29 is 13.9 Å². The van der Waals surface area contributed by atoms with Crippen LogP contribution < -0.4 is 10.1 Å². The molecular formula is C21H25FN2O2. The molecule has 1 atom stereocenters. The van der Waals surface area contributed by atoms with E-state index in [-0.39, 0.29) is 17.6 Å². The van der Waals surface area contributed by atoms with Gasteiger partial charge in [0.1, 0.15) is 11.6 Å². The number of ether oxygens (including phenoxy) is 1. The summed E-state index contributed by atoms with van der Waals surface area (Å²) in [6.07, 6.45) is 1.83. The Morgan fingerprint density at radius 1 is 1.23 bits per heavy atom. The summed E-state index contributed by atoms with van der Waals surface area (Å²) >= 11 is 0. The molecule has 3 rings (SSSR count). The van der Waals surface area contributed by atoms with Crippen LogP contribution in [0.3, 0.4) is 0 Å². The second kappa shape index (κ2) is 8.81. The molecule has 0 aliphatic carbocycles. The van der Waals surface area contributed by atoms with Gasteiger partial charge in [0.15, 0.2) is 0 Å². The molecule has 0 radical (unpaired) electrons. The van der Waals surface area contributed by atoms with E-state index in [0.717, 1.165) is 30.7 Å². The highest BCUT2D eigenvalue weighted by Crippen LogP contribution is 2.20. The third-order valence-corrected chi connectivity index (χ3v) is 4.85. The van der Waals surface area contributed by atoms with Gasteiger partial charge < -0.3 is 10.1 Å². The number of hydrogen-bond acceptors (Lipinski definition) is 3. The zero-order valence-electron chi connectivity index (χ0n) is 15.1. The molecule has 1 unspecified atom stereocenters. The number of carbonyl (C=O) groups excluding carboxylic acids is 1. The Morgan fingerprint density at radius 2 is 2.00 bits per heavy atom. The van der Waals surface area contributed by atoms with Gasteiger partial charge in [-0.25, -0.2) is 4.39 Å². The second-order valence-electron chi connectivity index (χ2n) is 6.73. The summed E-state index contributed by atoms with van der Waals surface area (Å²) < 4.78 is 19.0. The van der Waals surface area contributed by atoms with Crippen LogP contribution in [0.4, 0.5) is 4.39 Å². The predicted octanol–water partition coefficient (Wildman–Crippen LogP) is 3.36. The maximum absolute atomic E-state index is 13.8. The molecule has 138 valence electrons. The first-order valence-corrected chi connectivity index (χ1v) is 9.02. The van der Waals surface area contributed by atoms with Crippen LogP contribution in [0.2, 0.25) is 0 Å². The number of piperidine rings is 1. The molecule has 1 aliphatic heterocycles. The second-order valence-corrected chi connectivity index (χ2v) is 6.73. The minimum atomic E-state index is -0.182. The Hall–Kier alpha value is -2.40. The number of benzene rings is 2. The van der Waals surface area contributed by atoms with Crippen LogP contribution in [0, 0.1) is 11.7 Å². The number of amides is 1. The summed E-state index contributed by atoms with van der Waals surface area (Å²) in [6, 6.07) is 14.5. The van der Waals surface area contributed by atoms with Crippen molar-refractivity contribution in [2.45, 2.75) is 25.9 Å². The van der Waals surface area contributed by atoms with Crippen molar-refractivity contribution in [1.29, 1.82) is 0 Å². The van der Waals surface area contributed by atoms with Crippen molar-refractivity contribution in [3.63, 3.8) is 0 Å². The van der Waals surface area contributed by atoms with Gasteiger partial charge in [-0.3, -0.25) is 9.69 Å². The number of methoxy groups -OCH3 is 1. The normalized spacial score (nSPS) is 17.7. The fourth-order valence-corrected chi connectivity index (χ4v) is 3.36. The van der Waals surface area contributed by atoms with E-state index >= 15 is 0 Å². The SMILES string of the molecule is COc1ccc(CNC(=O)C2CCCN(Cc3ccccc3F)C2)cc1. The van der Waals surface area contributed by atoms with Gasteiger partial charge in [-0.2, -0.15) is 0 Å². The van der Waals surface area contributed by atoms with Gasteiger partial charge in [0, 0.05) is 25.2 Å². The number of carbonyl (C=O) groups is 1. The Bertz CT molecular complexity index is 733. The lowest BCUT2D eigenvalue weighted by atomic mass is 9.96. The maximum atomic E-state index is 13.8. The minimum Gasteiger partial charge on any atom is -0.497 e. The van der Waals surface area contributed by atoms with Gasteiger partial charge in [0.2, 0.25) is 5.91 Å². The number of halogens is 1. The van der Waals surface area contributed by atoms with Gasteiger partial charge in [0.05, 0.1) is 13.0 Å². The third kappa shape index (κ3) is 4.82. The van der Waals surface area contributed by atoms with Crippen LogP contribution in [-0.2, 0) is 17.9 Å². The molecule has 0 saturated carbocycles. The average molecular weight is 356 g/mol. The molecule has 1 amide bonds. The molecule has 0 aromatic heterocycles. The number of hydrogen-bond donors (Lipinski definition) is 1. The first-order valence-electron chi connectivity index (χ1n) is 9.02. The van der Waals surface area contributed by atoms with E-state index in [2.05, 4.69) is 10.2 Å². The molecule has 26 heavy (non-hydrogen) atoms. The molecule has 4 nitrogen and oxygen atoms in total. The van der Waals surface area contributed by atoms with Gasteiger partial charge in [-0.1, -0.05) is 30.3 Å².